The van der Waals surface area contributed by atoms with Crippen LogP contribution in [0.15, 0.2) is 77.9 Å². The van der Waals surface area contributed by atoms with Crippen LogP contribution < -0.4 is 10.2 Å². The summed E-state index contributed by atoms with van der Waals surface area (Å²) in [6.07, 6.45) is 1.57. The highest BCUT2D eigenvalue weighted by Gasteiger charge is 2.06. The van der Waals surface area contributed by atoms with E-state index in [2.05, 4.69) is 16.6 Å². The maximum absolute atomic E-state index is 12.2. The van der Waals surface area contributed by atoms with Crippen LogP contribution in [0, 0.1) is 18.3 Å². The molecule has 0 spiro atoms. The second-order valence-corrected chi connectivity index (χ2v) is 6.19. The molecule has 0 bridgehead atoms. The molecule has 28 heavy (non-hydrogen) atoms. The Kier molecular flexibility index (Phi) is 6.17. The average Bonchev–Trinajstić information content (AvgIpc) is 2.73. The average molecular weight is 369 g/mol. The van der Waals surface area contributed by atoms with Crippen molar-refractivity contribution in [3.63, 3.8) is 0 Å². The standard InChI is InChI=1S/C23H19N3O2/c1-17-6-2-3-11-22(17)23(27)26-25-15-19-8-5-10-21(13-19)28-16-20-9-4-7-18(12-20)14-24/h2-13,15H,16H2,1H3,(H,26,27)/b25-15-. The second-order valence-electron chi connectivity index (χ2n) is 6.19. The number of rotatable bonds is 6. The van der Waals surface area contributed by atoms with Crippen LogP contribution in [0.4, 0.5) is 0 Å². The first-order chi connectivity index (χ1) is 13.7. The van der Waals surface area contributed by atoms with Crippen LogP contribution in [-0.2, 0) is 6.61 Å². The number of hydrogen-bond donors (Lipinski definition) is 1. The van der Waals surface area contributed by atoms with Gasteiger partial charge in [-0.15, -0.1) is 0 Å². The summed E-state index contributed by atoms with van der Waals surface area (Å²) in [5.74, 6) is 0.427. The van der Waals surface area contributed by atoms with E-state index in [1.54, 1.807) is 24.4 Å². The quantitative estimate of drug-likeness (QED) is 0.522. The first-order valence-corrected chi connectivity index (χ1v) is 8.76. The van der Waals surface area contributed by atoms with Gasteiger partial charge in [-0.25, -0.2) is 5.43 Å². The van der Waals surface area contributed by atoms with Gasteiger partial charge in [-0.1, -0.05) is 42.5 Å². The lowest BCUT2D eigenvalue weighted by Gasteiger charge is -2.07. The van der Waals surface area contributed by atoms with Crippen molar-refractivity contribution in [3.8, 4) is 11.8 Å². The summed E-state index contributed by atoms with van der Waals surface area (Å²) >= 11 is 0. The Labute approximate surface area is 163 Å². The van der Waals surface area contributed by atoms with Crippen molar-refractivity contribution in [3.05, 3.63) is 101 Å². The molecular formula is C23H19N3O2. The third-order valence-corrected chi connectivity index (χ3v) is 4.09. The SMILES string of the molecule is Cc1ccccc1C(=O)N/N=C\c1cccc(OCc2cccc(C#N)c2)c1. The lowest BCUT2D eigenvalue weighted by molar-refractivity contribution is 0.0954. The van der Waals surface area contributed by atoms with Gasteiger partial charge in [-0.05, 0) is 53.9 Å². The fraction of sp³-hybridized carbons (Fsp3) is 0.0870. The molecule has 138 valence electrons. The lowest BCUT2D eigenvalue weighted by atomic mass is 10.1. The topological polar surface area (TPSA) is 74.5 Å². The number of aryl methyl sites for hydroxylation is 1. The zero-order chi connectivity index (χ0) is 19.8. The normalized spacial score (nSPS) is 10.4. The molecule has 3 aromatic carbocycles. The number of hydrazone groups is 1. The molecule has 0 aliphatic rings. The third-order valence-electron chi connectivity index (χ3n) is 4.09. The number of hydrogen-bond acceptors (Lipinski definition) is 4. The molecule has 0 atom stereocenters. The van der Waals surface area contributed by atoms with Crippen molar-refractivity contribution in [2.75, 3.05) is 0 Å². The van der Waals surface area contributed by atoms with Gasteiger partial charge in [-0.2, -0.15) is 10.4 Å². The Hall–Kier alpha value is -3.91. The minimum atomic E-state index is -0.251. The summed E-state index contributed by atoms with van der Waals surface area (Å²) in [5, 5.41) is 13.0. The summed E-state index contributed by atoms with van der Waals surface area (Å²) in [6, 6.07) is 24.2. The Balaban J connectivity index is 1.60. The summed E-state index contributed by atoms with van der Waals surface area (Å²) in [5.41, 5.74) is 6.35. The van der Waals surface area contributed by atoms with E-state index in [-0.39, 0.29) is 5.91 Å². The summed E-state index contributed by atoms with van der Waals surface area (Å²) < 4.78 is 5.79. The fourth-order valence-corrected chi connectivity index (χ4v) is 2.64. The molecule has 3 rings (SSSR count). The van der Waals surface area contributed by atoms with Crippen LogP contribution >= 0.6 is 0 Å². The number of benzene rings is 3. The van der Waals surface area contributed by atoms with Crippen molar-refractivity contribution in [1.29, 1.82) is 5.26 Å². The Bertz CT molecular complexity index is 1050. The first kappa shape index (κ1) is 18.9. The van der Waals surface area contributed by atoms with Gasteiger partial charge in [0.15, 0.2) is 0 Å². The van der Waals surface area contributed by atoms with Crippen LogP contribution in [0.25, 0.3) is 0 Å². The van der Waals surface area contributed by atoms with E-state index < -0.39 is 0 Å². The number of amides is 1. The van der Waals surface area contributed by atoms with E-state index in [1.807, 2.05) is 61.5 Å². The lowest BCUT2D eigenvalue weighted by Crippen LogP contribution is -2.18. The summed E-state index contributed by atoms with van der Waals surface area (Å²) in [6.45, 7) is 2.24. The van der Waals surface area contributed by atoms with E-state index in [0.717, 1.165) is 16.7 Å². The van der Waals surface area contributed by atoms with Gasteiger partial charge in [0.1, 0.15) is 12.4 Å². The Morgan fingerprint density at radius 1 is 1.11 bits per heavy atom. The van der Waals surface area contributed by atoms with Crippen LogP contribution in [0.2, 0.25) is 0 Å². The predicted octanol–water partition coefficient (Wildman–Crippen LogP) is 4.21. The zero-order valence-corrected chi connectivity index (χ0v) is 15.4. The van der Waals surface area contributed by atoms with Crippen molar-refractivity contribution < 1.29 is 9.53 Å². The monoisotopic (exact) mass is 369 g/mol. The van der Waals surface area contributed by atoms with Gasteiger partial charge < -0.3 is 4.74 Å². The molecule has 1 amide bonds. The largest absolute Gasteiger partial charge is 0.489 e. The molecule has 0 heterocycles. The number of carbonyl (C=O) groups excluding carboxylic acids is 1. The molecule has 0 aliphatic carbocycles. The predicted molar refractivity (Wildman–Crippen MR) is 108 cm³/mol. The van der Waals surface area contributed by atoms with Gasteiger partial charge in [0.05, 0.1) is 17.8 Å². The Morgan fingerprint density at radius 2 is 1.93 bits per heavy atom. The summed E-state index contributed by atoms with van der Waals surface area (Å²) in [4.78, 5) is 12.2. The molecule has 0 saturated carbocycles. The van der Waals surface area contributed by atoms with Crippen molar-refractivity contribution >= 4 is 12.1 Å². The van der Waals surface area contributed by atoms with Gasteiger partial charge in [-0.3, -0.25) is 4.79 Å². The van der Waals surface area contributed by atoms with Crippen LogP contribution in [0.1, 0.15) is 32.6 Å². The van der Waals surface area contributed by atoms with Crippen molar-refractivity contribution in [1.82, 2.24) is 5.43 Å². The number of ether oxygens (including phenoxy) is 1. The molecule has 0 aliphatic heterocycles. The Morgan fingerprint density at radius 3 is 2.75 bits per heavy atom. The van der Waals surface area contributed by atoms with E-state index in [1.165, 1.54) is 0 Å². The van der Waals surface area contributed by atoms with E-state index in [0.29, 0.717) is 23.5 Å². The number of nitrogens with one attached hydrogen (secondary N) is 1. The van der Waals surface area contributed by atoms with Gasteiger partial charge in [0.2, 0.25) is 0 Å². The number of nitriles is 1. The maximum atomic E-state index is 12.2. The van der Waals surface area contributed by atoms with Crippen molar-refractivity contribution in [2.24, 2.45) is 5.10 Å². The van der Waals surface area contributed by atoms with Gasteiger partial charge >= 0.3 is 0 Å². The van der Waals surface area contributed by atoms with Crippen LogP contribution in [0.5, 0.6) is 5.75 Å². The van der Waals surface area contributed by atoms with E-state index in [4.69, 9.17) is 10.00 Å². The van der Waals surface area contributed by atoms with Gasteiger partial charge in [0.25, 0.3) is 5.91 Å². The highest BCUT2D eigenvalue weighted by molar-refractivity contribution is 5.96. The molecule has 0 unspecified atom stereocenters. The number of carbonyl (C=O) groups is 1. The molecular weight excluding hydrogens is 350 g/mol. The van der Waals surface area contributed by atoms with Crippen LogP contribution in [0.3, 0.4) is 0 Å². The zero-order valence-electron chi connectivity index (χ0n) is 15.4. The molecule has 0 radical (unpaired) electrons. The highest BCUT2D eigenvalue weighted by Crippen LogP contribution is 2.15. The van der Waals surface area contributed by atoms with Crippen molar-refractivity contribution in [2.45, 2.75) is 13.5 Å². The van der Waals surface area contributed by atoms with E-state index in [9.17, 15) is 4.79 Å². The highest BCUT2D eigenvalue weighted by atomic mass is 16.5. The summed E-state index contributed by atoms with van der Waals surface area (Å²) in [7, 11) is 0. The molecule has 0 fully saturated rings. The minimum absolute atomic E-state index is 0.251. The fourth-order valence-electron chi connectivity index (χ4n) is 2.64. The number of nitrogens with zero attached hydrogens (tertiary/aromatic N) is 2. The molecule has 1 N–H and O–H groups in total. The first-order valence-electron chi connectivity index (χ1n) is 8.76. The van der Waals surface area contributed by atoms with Crippen LogP contribution in [-0.4, -0.2) is 12.1 Å². The third kappa shape index (κ3) is 5.05. The van der Waals surface area contributed by atoms with E-state index >= 15 is 0 Å². The molecule has 5 nitrogen and oxygen atoms in total. The molecule has 0 saturated heterocycles. The molecule has 3 aromatic rings. The molecule has 5 heteroatoms. The smallest absolute Gasteiger partial charge is 0.271 e. The maximum Gasteiger partial charge on any atom is 0.271 e. The van der Waals surface area contributed by atoms with Gasteiger partial charge in [0, 0.05) is 5.56 Å². The minimum Gasteiger partial charge on any atom is -0.489 e. The second kappa shape index (κ2) is 9.15. The molecule has 0 aromatic heterocycles.